The van der Waals surface area contributed by atoms with E-state index in [0.717, 1.165) is 13.1 Å². The molecule has 1 unspecified atom stereocenters. The quantitative estimate of drug-likeness (QED) is 0.429. The van der Waals surface area contributed by atoms with E-state index in [4.69, 9.17) is 0 Å². The van der Waals surface area contributed by atoms with E-state index in [2.05, 4.69) is 20.7 Å². The molecule has 4 aromatic rings. The highest BCUT2D eigenvalue weighted by Gasteiger charge is 2.68. The molecule has 2 aromatic heterocycles. The zero-order chi connectivity index (χ0) is 24.7. The number of fused-ring (bicyclic) bond motifs is 1. The number of carbonyl (C=O) groups is 2. The number of pyridine rings is 1. The molecule has 2 N–H and O–H groups in total. The number of halogens is 4. The highest BCUT2D eigenvalue weighted by atomic mass is 19.3. The summed E-state index contributed by atoms with van der Waals surface area (Å²) in [5.41, 5.74) is -1.16. The lowest BCUT2D eigenvalue weighted by molar-refractivity contribution is -0.157. The molecule has 35 heavy (non-hydrogen) atoms. The molecule has 1 atom stereocenters. The summed E-state index contributed by atoms with van der Waals surface area (Å²) in [7, 11) is 0. The first-order chi connectivity index (χ1) is 16.6. The van der Waals surface area contributed by atoms with Crippen molar-refractivity contribution in [3.8, 4) is 11.3 Å². The van der Waals surface area contributed by atoms with E-state index in [-0.39, 0.29) is 40.2 Å². The van der Waals surface area contributed by atoms with Gasteiger partial charge in [0.2, 0.25) is 5.91 Å². The van der Waals surface area contributed by atoms with Crippen LogP contribution in [-0.4, -0.2) is 32.5 Å². The Kier molecular flexibility index (Phi) is 4.18. The second kappa shape index (κ2) is 6.87. The fraction of sp³-hybridized carbons (Fsp3) is 0.167. The van der Waals surface area contributed by atoms with Gasteiger partial charge >= 0.3 is 5.92 Å². The third-order valence-electron chi connectivity index (χ3n) is 6.61. The molecule has 7 nitrogen and oxygen atoms in total. The number of nitrogens with one attached hydrogen (secondary N) is 2. The SMILES string of the molecule is CC12C(=O)Nc3cc(-c4nn(Cc5ccccc5F)c5ncc(F)cc45)cc(c31)NC(=O)C2(F)F. The molecule has 2 amide bonds. The third kappa shape index (κ3) is 2.77. The average molecular weight is 481 g/mol. The first kappa shape index (κ1) is 21.3. The van der Waals surface area contributed by atoms with Crippen LogP contribution in [0.2, 0.25) is 0 Å². The summed E-state index contributed by atoms with van der Waals surface area (Å²) in [5, 5.41) is 9.40. The van der Waals surface area contributed by atoms with Crippen molar-refractivity contribution in [2.75, 3.05) is 10.6 Å². The minimum Gasteiger partial charge on any atom is -0.325 e. The van der Waals surface area contributed by atoms with Crippen molar-refractivity contribution >= 4 is 34.2 Å². The molecule has 176 valence electrons. The number of carbonyl (C=O) groups excluding carboxylic acids is 2. The van der Waals surface area contributed by atoms with Crippen molar-refractivity contribution in [1.29, 1.82) is 0 Å². The molecule has 0 fully saturated rings. The average Bonchev–Trinajstić information content (AvgIpc) is 3.29. The van der Waals surface area contributed by atoms with Crippen molar-refractivity contribution < 1.29 is 27.2 Å². The lowest BCUT2D eigenvalue weighted by Crippen LogP contribution is -2.57. The highest BCUT2D eigenvalue weighted by Crippen LogP contribution is 2.55. The van der Waals surface area contributed by atoms with Gasteiger partial charge < -0.3 is 10.6 Å². The van der Waals surface area contributed by atoms with E-state index < -0.39 is 34.8 Å². The maximum absolute atomic E-state index is 14.8. The molecule has 6 rings (SSSR count). The highest BCUT2D eigenvalue weighted by molar-refractivity contribution is 6.18. The predicted octanol–water partition coefficient (Wildman–Crippen LogP) is 4.22. The number of alkyl halides is 2. The Morgan fingerprint density at radius 3 is 2.40 bits per heavy atom. The van der Waals surface area contributed by atoms with Gasteiger partial charge in [-0.1, -0.05) is 18.2 Å². The summed E-state index contributed by atoms with van der Waals surface area (Å²) in [4.78, 5) is 28.9. The number of amides is 2. The molecular weight excluding hydrogens is 466 g/mol. The zero-order valence-corrected chi connectivity index (χ0v) is 18.0. The van der Waals surface area contributed by atoms with Crippen molar-refractivity contribution in [2.24, 2.45) is 0 Å². The van der Waals surface area contributed by atoms with E-state index in [1.54, 1.807) is 18.2 Å². The van der Waals surface area contributed by atoms with Crippen LogP contribution in [0.1, 0.15) is 18.1 Å². The van der Waals surface area contributed by atoms with Crippen LogP contribution in [0.3, 0.4) is 0 Å². The number of aromatic nitrogens is 3. The van der Waals surface area contributed by atoms with Crippen LogP contribution in [0.5, 0.6) is 0 Å². The summed E-state index contributed by atoms with van der Waals surface area (Å²) < 4.78 is 59.3. The van der Waals surface area contributed by atoms with Gasteiger partial charge in [-0.15, -0.1) is 0 Å². The molecule has 0 spiro atoms. The minimum absolute atomic E-state index is 0.00261. The molecule has 2 aliphatic rings. The van der Waals surface area contributed by atoms with Crippen molar-refractivity contribution in [1.82, 2.24) is 14.8 Å². The van der Waals surface area contributed by atoms with Gasteiger partial charge in [-0.05, 0) is 31.2 Å². The number of hydrogen-bond donors (Lipinski definition) is 2. The lowest BCUT2D eigenvalue weighted by Gasteiger charge is -2.36. The lowest BCUT2D eigenvalue weighted by atomic mass is 9.74. The smallest absolute Gasteiger partial charge is 0.325 e. The predicted molar refractivity (Wildman–Crippen MR) is 118 cm³/mol. The zero-order valence-electron chi connectivity index (χ0n) is 18.0. The monoisotopic (exact) mass is 481 g/mol. The van der Waals surface area contributed by atoms with Crippen molar-refractivity contribution in [3.63, 3.8) is 0 Å². The Labute approximate surface area is 194 Å². The normalized spacial score (nSPS) is 20.0. The summed E-state index contributed by atoms with van der Waals surface area (Å²) in [6.45, 7) is 1.02. The first-order valence-electron chi connectivity index (χ1n) is 10.6. The van der Waals surface area contributed by atoms with Crippen LogP contribution in [-0.2, 0) is 21.5 Å². The van der Waals surface area contributed by atoms with Gasteiger partial charge in [-0.2, -0.15) is 13.9 Å². The molecular formula is C24H15F4N5O2. The number of nitrogens with zero attached hydrogens (tertiary/aromatic N) is 3. The van der Waals surface area contributed by atoms with Crippen LogP contribution in [0.15, 0.2) is 48.7 Å². The maximum atomic E-state index is 14.8. The largest absolute Gasteiger partial charge is 0.342 e. The third-order valence-corrected chi connectivity index (χ3v) is 6.61. The fourth-order valence-electron chi connectivity index (χ4n) is 4.75. The molecule has 2 aromatic carbocycles. The van der Waals surface area contributed by atoms with E-state index in [1.165, 1.54) is 28.9 Å². The van der Waals surface area contributed by atoms with Crippen LogP contribution < -0.4 is 10.6 Å². The Balaban J connectivity index is 1.55. The van der Waals surface area contributed by atoms with Gasteiger partial charge in [-0.3, -0.25) is 9.59 Å². The standard InChI is InChI=1S/C24H15F4N5O2/c1-23-18-16(30-21(23)34)6-12(7-17(18)31-22(35)24(23,27)28)19-14-8-13(25)9-29-20(14)33(32-19)10-11-4-2-3-5-15(11)26/h2-9H,10H2,1H3,(H,30,34)(H,31,35). The van der Waals surface area contributed by atoms with E-state index in [0.29, 0.717) is 11.1 Å². The molecule has 0 radical (unpaired) electrons. The van der Waals surface area contributed by atoms with Gasteiger partial charge in [0.25, 0.3) is 5.91 Å². The molecule has 4 heterocycles. The fourth-order valence-corrected chi connectivity index (χ4v) is 4.75. The number of benzene rings is 2. The molecule has 11 heteroatoms. The Morgan fingerprint density at radius 2 is 1.69 bits per heavy atom. The Morgan fingerprint density at radius 1 is 1.00 bits per heavy atom. The maximum Gasteiger partial charge on any atom is 0.342 e. The topological polar surface area (TPSA) is 88.9 Å². The van der Waals surface area contributed by atoms with E-state index >= 15 is 0 Å². The minimum atomic E-state index is -3.96. The Hall–Kier alpha value is -4.28. The van der Waals surface area contributed by atoms with Gasteiger partial charge in [-0.25, -0.2) is 18.4 Å². The second-order valence-corrected chi connectivity index (χ2v) is 8.68. The van der Waals surface area contributed by atoms with Crippen LogP contribution in [0, 0.1) is 11.6 Å². The first-order valence-corrected chi connectivity index (χ1v) is 10.6. The number of anilines is 2. The molecule has 0 saturated heterocycles. The number of rotatable bonds is 3. The second-order valence-electron chi connectivity index (χ2n) is 8.68. The van der Waals surface area contributed by atoms with Gasteiger partial charge in [0.15, 0.2) is 5.65 Å². The molecule has 0 aliphatic carbocycles. The van der Waals surface area contributed by atoms with Gasteiger partial charge in [0.05, 0.1) is 12.7 Å². The van der Waals surface area contributed by atoms with Crippen molar-refractivity contribution in [2.45, 2.75) is 24.8 Å². The summed E-state index contributed by atoms with van der Waals surface area (Å²) in [6, 6.07) is 10.2. The van der Waals surface area contributed by atoms with Gasteiger partial charge in [0, 0.05) is 33.5 Å². The summed E-state index contributed by atoms with van der Waals surface area (Å²) in [6.07, 6.45) is 1.01. The van der Waals surface area contributed by atoms with E-state index in [9.17, 15) is 27.2 Å². The van der Waals surface area contributed by atoms with E-state index in [1.807, 2.05) is 0 Å². The van der Waals surface area contributed by atoms with Crippen LogP contribution in [0.4, 0.5) is 28.9 Å². The Bertz CT molecular complexity index is 1600. The number of hydrogen-bond acceptors (Lipinski definition) is 4. The van der Waals surface area contributed by atoms with Crippen molar-refractivity contribution in [3.05, 3.63) is 71.4 Å². The van der Waals surface area contributed by atoms with Crippen LogP contribution >= 0.6 is 0 Å². The summed E-state index contributed by atoms with van der Waals surface area (Å²) >= 11 is 0. The van der Waals surface area contributed by atoms with Crippen LogP contribution in [0.25, 0.3) is 22.3 Å². The summed E-state index contributed by atoms with van der Waals surface area (Å²) in [5.74, 6) is -7.66. The molecule has 0 bridgehead atoms. The molecule has 0 saturated carbocycles. The molecule has 2 aliphatic heterocycles. The van der Waals surface area contributed by atoms with Gasteiger partial charge in [0.1, 0.15) is 22.7 Å².